The van der Waals surface area contributed by atoms with Crippen LogP contribution < -0.4 is 5.32 Å². The summed E-state index contributed by atoms with van der Waals surface area (Å²) in [6.07, 6.45) is 3.32. The first-order valence-electron chi connectivity index (χ1n) is 6.41. The van der Waals surface area contributed by atoms with Gasteiger partial charge in [-0.1, -0.05) is 12.1 Å². The van der Waals surface area contributed by atoms with Crippen molar-refractivity contribution in [3.05, 3.63) is 41.5 Å². The molecule has 0 aliphatic heterocycles. The molecule has 0 atom stereocenters. The first kappa shape index (κ1) is 15.0. The summed E-state index contributed by atoms with van der Waals surface area (Å²) in [4.78, 5) is 24.9. The lowest BCUT2D eigenvalue weighted by Crippen LogP contribution is -2.28. The summed E-state index contributed by atoms with van der Waals surface area (Å²) in [6.45, 7) is 5.31. The molecule has 0 aliphatic rings. The van der Waals surface area contributed by atoms with Gasteiger partial charge >= 0.3 is 0 Å². The SMILES string of the molecule is CCN(CC)C(=O)C=Cc1ccc(C(=O)NC)cc1. The summed E-state index contributed by atoms with van der Waals surface area (Å²) < 4.78 is 0. The largest absolute Gasteiger partial charge is 0.355 e. The highest BCUT2D eigenvalue weighted by Gasteiger charge is 2.05. The van der Waals surface area contributed by atoms with Gasteiger partial charge in [0, 0.05) is 31.8 Å². The third kappa shape index (κ3) is 4.25. The molecule has 1 aromatic rings. The third-order valence-corrected chi connectivity index (χ3v) is 2.89. The van der Waals surface area contributed by atoms with E-state index in [-0.39, 0.29) is 11.8 Å². The molecule has 0 saturated carbocycles. The lowest BCUT2D eigenvalue weighted by atomic mass is 10.1. The third-order valence-electron chi connectivity index (χ3n) is 2.89. The van der Waals surface area contributed by atoms with Gasteiger partial charge in [-0.15, -0.1) is 0 Å². The van der Waals surface area contributed by atoms with Crippen LogP contribution in [0.5, 0.6) is 0 Å². The van der Waals surface area contributed by atoms with E-state index in [0.717, 1.165) is 5.56 Å². The molecule has 1 rings (SSSR count). The van der Waals surface area contributed by atoms with Crippen molar-refractivity contribution < 1.29 is 9.59 Å². The van der Waals surface area contributed by atoms with Crippen LogP contribution in [-0.2, 0) is 4.79 Å². The van der Waals surface area contributed by atoms with Gasteiger partial charge in [0.15, 0.2) is 0 Å². The molecule has 0 unspecified atom stereocenters. The fraction of sp³-hybridized carbons (Fsp3) is 0.333. The molecular weight excluding hydrogens is 240 g/mol. The van der Waals surface area contributed by atoms with Gasteiger partial charge in [0.1, 0.15) is 0 Å². The Bertz CT molecular complexity index is 460. The Hall–Kier alpha value is -2.10. The second-order valence-electron chi connectivity index (χ2n) is 4.04. The molecule has 2 amide bonds. The minimum absolute atomic E-state index is 0.000350. The van der Waals surface area contributed by atoms with E-state index in [4.69, 9.17) is 0 Å². The summed E-state index contributed by atoms with van der Waals surface area (Å²) >= 11 is 0. The second-order valence-corrected chi connectivity index (χ2v) is 4.04. The average molecular weight is 260 g/mol. The molecule has 0 fully saturated rings. The summed E-state index contributed by atoms with van der Waals surface area (Å²) in [7, 11) is 1.60. The van der Waals surface area contributed by atoms with Gasteiger partial charge in [0.2, 0.25) is 5.91 Å². The number of amides is 2. The van der Waals surface area contributed by atoms with Crippen LogP contribution in [0.15, 0.2) is 30.3 Å². The summed E-state index contributed by atoms with van der Waals surface area (Å²) in [6, 6.07) is 7.11. The van der Waals surface area contributed by atoms with Gasteiger partial charge in [-0.3, -0.25) is 9.59 Å². The highest BCUT2D eigenvalue weighted by molar-refractivity contribution is 5.94. The topological polar surface area (TPSA) is 49.4 Å². The Morgan fingerprint density at radius 1 is 1.16 bits per heavy atom. The molecule has 0 bridgehead atoms. The Kier molecular flexibility index (Phi) is 5.79. The van der Waals surface area contributed by atoms with Crippen LogP contribution in [0.4, 0.5) is 0 Å². The number of nitrogens with zero attached hydrogens (tertiary/aromatic N) is 1. The highest BCUT2D eigenvalue weighted by Crippen LogP contribution is 2.06. The first-order chi connectivity index (χ1) is 9.12. The smallest absolute Gasteiger partial charge is 0.251 e. The predicted molar refractivity (Wildman–Crippen MR) is 76.8 cm³/mol. The predicted octanol–water partition coefficient (Wildman–Crippen LogP) is 1.93. The van der Waals surface area contributed by atoms with E-state index < -0.39 is 0 Å². The van der Waals surface area contributed by atoms with Crippen LogP contribution in [0.25, 0.3) is 6.08 Å². The van der Waals surface area contributed by atoms with Crippen molar-refractivity contribution in [3.8, 4) is 0 Å². The summed E-state index contributed by atoms with van der Waals surface area (Å²) in [5.74, 6) is -0.116. The maximum Gasteiger partial charge on any atom is 0.251 e. The van der Waals surface area contributed by atoms with Gasteiger partial charge in [-0.25, -0.2) is 0 Å². The van der Waals surface area contributed by atoms with E-state index in [1.807, 2.05) is 26.0 Å². The van der Waals surface area contributed by atoms with Crippen LogP contribution in [0.1, 0.15) is 29.8 Å². The second kappa shape index (κ2) is 7.36. The van der Waals surface area contributed by atoms with Gasteiger partial charge in [-0.05, 0) is 37.6 Å². The van der Waals surface area contributed by atoms with Crippen molar-refractivity contribution >= 4 is 17.9 Å². The molecular formula is C15H20N2O2. The number of hydrogen-bond donors (Lipinski definition) is 1. The van der Waals surface area contributed by atoms with Crippen molar-refractivity contribution in [1.82, 2.24) is 10.2 Å². The lowest BCUT2D eigenvalue weighted by Gasteiger charge is -2.15. The number of rotatable bonds is 5. The fourth-order valence-electron chi connectivity index (χ4n) is 1.70. The molecule has 1 aromatic carbocycles. The summed E-state index contributed by atoms with van der Waals surface area (Å²) in [5.41, 5.74) is 1.50. The van der Waals surface area contributed by atoms with Crippen LogP contribution in [-0.4, -0.2) is 36.9 Å². The maximum absolute atomic E-state index is 11.8. The van der Waals surface area contributed by atoms with E-state index in [0.29, 0.717) is 18.7 Å². The van der Waals surface area contributed by atoms with Crippen molar-refractivity contribution in [2.75, 3.05) is 20.1 Å². The maximum atomic E-state index is 11.8. The Labute approximate surface area is 114 Å². The standard InChI is InChI=1S/C15H20N2O2/c1-4-17(5-2)14(18)11-8-12-6-9-13(10-7-12)15(19)16-3/h6-11H,4-5H2,1-3H3,(H,16,19). The normalized spacial score (nSPS) is 10.5. The Morgan fingerprint density at radius 2 is 1.74 bits per heavy atom. The molecule has 1 N–H and O–H groups in total. The van der Waals surface area contributed by atoms with Crippen LogP contribution in [0.3, 0.4) is 0 Å². The molecule has 0 heterocycles. The quantitative estimate of drug-likeness (QED) is 0.822. The zero-order valence-electron chi connectivity index (χ0n) is 11.6. The number of carbonyl (C=O) groups excluding carboxylic acids is 2. The number of likely N-dealkylation sites (N-methyl/N-ethyl adjacent to an activating group) is 1. The van der Waals surface area contributed by atoms with Gasteiger partial charge < -0.3 is 10.2 Å². The van der Waals surface area contributed by atoms with Crippen LogP contribution in [0, 0.1) is 0 Å². The minimum Gasteiger partial charge on any atom is -0.355 e. The monoisotopic (exact) mass is 260 g/mol. The molecule has 19 heavy (non-hydrogen) atoms. The van der Waals surface area contributed by atoms with Crippen molar-refractivity contribution in [2.45, 2.75) is 13.8 Å². The van der Waals surface area contributed by atoms with E-state index in [9.17, 15) is 9.59 Å². The highest BCUT2D eigenvalue weighted by atomic mass is 16.2. The molecule has 4 heteroatoms. The van der Waals surface area contributed by atoms with Gasteiger partial charge in [0.25, 0.3) is 5.91 Å². The zero-order chi connectivity index (χ0) is 14.3. The number of nitrogens with one attached hydrogen (secondary N) is 1. The van der Waals surface area contributed by atoms with Crippen molar-refractivity contribution in [3.63, 3.8) is 0 Å². The number of hydrogen-bond acceptors (Lipinski definition) is 2. The number of benzene rings is 1. The van der Waals surface area contributed by atoms with E-state index in [1.54, 1.807) is 36.2 Å². The molecule has 4 nitrogen and oxygen atoms in total. The molecule has 0 aromatic heterocycles. The summed E-state index contributed by atoms with van der Waals surface area (Å²) in [5, 5.41) is 2.56. The molecule has 0 aliphatic carbocycles. The minimum atomic E-state index is -0.116. The van der Waals surface area contributed by atoms with E-state index in [2.05, 4.69) is 5.32 Å². The fourth-order valence-corrected chi connectivity index (χ4v) is 1.70. The first-order valence-corrected chi connectivity index (χ1v) is 6.41. The Morgan fingerprint density at radius 3 is 2.21 bits per heavy atom. The van der Waals surface area contributed by atoms with Crippen LogP contribution >= 0.6 is 0 Å². The van der Waals surface area contributed by atoms with Gasteiger partial charge in [0.05, 0.1) is 0 Å². The lowest BCUT2D eigenvalue weighted by molar-refractivity contribution is -0.125. The zero-order valence-corrected chi connectivity index (χ0v) is 11.6. The van der Waals surface area contributed by atoms with Crippen LogP contribution in [0.2, 0.25) is 0 Å². The molecule has 0 radical (unpaired) electrons. The molecule has 0 saturated heterocycles. The average Bonchev–Trinajstić information content (AvgIpc) is 2.46. The Balaban J connectivity index is 2.72. The van der Waals surface area contributed by atoms with E-state index in [1.165, 1.54) is 0 Å². The molecule has 102 valence electrons. The molecule has 0 spiro atoms. The number of carbonyl (C=O) groups is 2. The van der Waals surface area contributed by atoms with Crippen molar-refractivity contribution in [1.29, 1.82) is 0 Å². The van der Waals surface area contributed by atoms with Crippen molar-refractivity contribution in [2.24, 2.45) is 0 Å². The van der Waals surface area contributed by atoms with Gasteiger partial charge in [-0.2, -0.15) is 0 Å². The van der Waals surface area contributed by atoms with E-state index >= 15 is 0 Å².